The maximum atomic E-state index is 14.1. The molecule has 3 fully saturated rings. The number of hydrogen-bond acceptors (Lipinski definition) is 32. The van der Waals surface area contributed by atoms with Crippen molar-refractivity contribution in [3.8, 4) is 5.88 Å². The number of ether oxygens (including phenoxy) is 11. The Morgan fingerprint density at radius 1 is 0.689 bits per heavy atom. The van der Waals surface area contributed by atoms with Gasteiger partial charge in [-0.05, 0) is 61.4 Å². The Hall–Kier alpha value is -8.76. The van der Waals surface area contributed by atoms with Crippen LogP contribution >= 0.6 is 38.1 Å². The van der Waals surface area contributed by atoms with E-state index in [-0.39, 0.29) is 107 Å². The number of anilines is 2. The highest BCUT2D eigenvalue weighted by Gasteiger charge is 2.51. The monoisotopic (exact) mass is 1790 g/mol. The summed E-state index contributed by atoms with van der Waals surface area (Å²) in [4.78, 5) is 155. The lowest BCUT2D eigenvalue weighted by Gasteiger charge is -2.26. The number of methoxy groups -OCH3 is 1. The number of benzene rings is 2. The van der Waals surface area contributed by atoms with E-state index in [1.54, 1.807) is 69.5 Å². The molecule has 46 heteroatoms. The van der Waals surface area contributed by atoms with Gasteiger partial charge in [-0.2, -0.15) is 4.98 Å². The number of unbranched alkanes of at least 4 members (excludes halogenated alkanes) is 2. The zero-order chi connectivity index (χ0) is 87.6. The molecular weight excluding hydrogens is 1680 g/mol. The Morgan fingerprint density at radius 2 is 1.32 bits per heavy atom. The largest absolute Gasteiger partial charge is 0.474 e. The number of rotatable bonds is 49. The van der Waals surface area contributed by atoms with Crippen molar-refractivity contribution < 1.29 is 128 Å². The van der Waals surface area contributed by atoms with Crippen molar-refractivity contribution >= 4 is 114 Å². The molecule has 8 N–H and O–H groups in total. The van der Waals surface area contributed by atoms with Crippen LogP contribution in [0.1, 0.15) is 93.4 Å². The molecule has 9 amide bonds. The molecule has 670 valence electrons. The van der Waals surface area contributed by atoms with E-state index in [4.69, 9.17) is 70.2 Å². The molecule has 1 saturated carbocycles. The van der Waals surface area contributed by atoms with Gasteiger partial charge in [-0.3, -0.25) is 76.5 Å². The summed E-state index contributed by atoms with van der Waals surface area (Å²) >= 11 is 8.45. The molecule has 0 unspecified atom stereocenters. The van der Waals surface area contributed by atoms with Crippen molar-refractivity contribution in [2.45, 2.75) is 134 Å². The van der Waals surface area contributed by atoms with Crippen molar-refractivity contribution in [3.05, 3.63) is 113 Å². The molecule has 9 rings (SSSR count). The zero-order valence-corrected chi connectivity index (χ0v) is 71.7. The maximum Gasteiger partial charge on any atom is 0.410 e. The summed E-state index contributed by atoms with van der Waals surface area (Å²) in [6, 6.07) is 10.3. The SMILES string of the molecule is COCCOCCOCCOCCOCCOCCOCCOCCC(=O)NC[C@H](NC(=O)CCCCCN1C(=O)C=CC1=O)C(=O)N[C@H](C(=O)N[C@@H](C)C(=O)Nc1ccc(COC(=O)N(C)Cc2ccccc2C(=O)Nc2nc3c(ncn3[C@@H]3O[C@@H]4CO[P@@](=O)(S)O[C@H]5C[C@H](Oc6ccncn6)C[C@@H]5CO[P@@](=O)(S)O[C@@H]3[C@@H]4O)c(=O)[nH]2)cc1)C(C)C. The standard InChI is InChI=1S/C76H106N14O28P2S2/c1-48(2)64(84-71(98)56(83-60(92)13-7-6-10-23-89-62(93)18-19-63(89)94)41-78-59(91)21-24-105-27-28-107-31-32-109-35-36-111-38-37-110-34-33-108-30-29-106-26-25-104-5)72(99)81-49(3)69(96)82-53-16-14-50(15-17-53)43-112-76(101)88(4)42-51-11-8-9-12-55(51)70(97)86-75-85-68-65(73(100)87-75)80-47-90(68)74-67-66(95)58(116-74)45-114-119(102,121)117-57-40-54(115-61-20-22-77-46-79-61)39-52(57)44-113-120(103,122)118-67/h8-9,11-12,14-20,22,46-49,52,54,56-58,64,66-67,74,95H,6-7,10,13,21,23-45H2,1-5H3,(H,78,91)(H,81,99)(H,82,96)(H,83,92)(H,84,98)(H,102,121)(H,103,122)(H2,85,86,87,97,100)/t49-,52+,54+,56-,57-,58+,64-,66+,67+,74+,119+,120+/m0/s1. The van der Waals surface area contributed by atoms with Gasteiger partial charge < -0.3 is 93.2 Å². The highest BCUT2D eigenvalue weighted by Crippen LogP contribution is 2.60. The normalized spacial score (nSPS) is 21.6. The lowest BCUT2D eigenvalue weighted by atomic mass is 10.0. The first-order valence-corrected chi connectivity index (χ1v) is 45.0. The summed E-state index contributed by atoms with van der Waals surface area (Å²) in [5.74, 6) is -6.09. The number of aliphatic hydroxyl groups is 1. The molecule has 6 heterocycles. The van der Waals surface area contributed by atoms with Crippen molar-refractivity contribution in [2.24, 2.45) is 11.8 Å². The average molecular weight is 1790 g/mol. The van der Waals surface area contributed by atoms with Gasteiger partial charge in [-0.25, -0.2) is 28.9 Å². The number of imide groups is 1. The van der Waals surface area contributed by atoms with Crippen molar-refractivity contribution in [1.82, 2.24) is 60.6 Å². The third-order valence-corrected chi connectivity index (χ3v) is 22.4. The van der Waals surface area contributed by atoms with Crippen molar-refractivity contribution in [2.75, 3.05) is 150 Å². The summed E-state index contributed by atoms with van der Waals surface area (Å²) < 4.78 is 113. The molecule has 1 aliphatic carbocycles. The van der Waals surface area contributed by atoms with Crippen LogP contribution in [0.3, 0.4) is 0 Å². The third kappa shape index (κ3) is 31.5. The van der Waals surface area contributed by atoms with Crippen LogP contribution in [0.25, 0.3) is 11.2 Å². The van der Waals surface area contributed by atoms with E-state index in [9.17, 15) is 62.2 Å². The number of fused-ring (bicyclic) bond motifs is 4. The summed E-state index contributed by atoms with van der Waals surface area (Å²) in [5.41, 5.74) is -0.0556. The van der Waals surface area contributed by atoms with Crippen molar-refractivity contribution in [1.29, 1.82) is 0 Å². The molecule has 2 bridgehead atoms. The minimum atomic E-state index is -4.41. The van der Waals surface area contributed by atoms with Crippen LogP contribution in [-0.2, 0) is 121 Å². The molecule has 5 aromatic rings. The second-order valence-corrected chi connectivity index (χ2v) is 34.4. The summed E-state index contributed by atoms with van der Waals surface area (Å²) in [7, 11) is 3.05. The van der Waals surface area contributed by atoms with E-state index in [0.29, 0.717) is 115 Å². The van der Waals surface area contributed by atoms with Gasteiger partial charge in [0, 0.05) is 94.6 Å². The summed E-state index contributed by atoms with van der Waals surface area (Å²) in [5, 5.41) is 27.5. The molecule has 3 aliphatic heterocycles. The number of carbonyl (C=O) groups is 9. The number of nitrogens with one attached hydrogen (secondary N) is 7. The highest BCUT2D eigenvalue weighted by molar-refractivity contribution is 8.44. The van der Waals surface area contributed by atoms with Gasteiger partial charge in [0.25, 0.3) is 23.3 Å². The molecule has 2 aromatic carbocycles. The molecule has 2 saturated heterocycles. The Bertz CT molecular complexity index is 4450. The van der Waals surface area contributed by atoms with Crippen LogP contribution in [-0.4, -0.2) is 286 Å². The molecular formula is C76H106N14O28P2S2. The first kappa shape index (κ1) is 97.1. The topological polar surface area (TPSA) is 514 Å². The van der Waals surface area contributed by atoms with Crippen LogP contribution in [0, 0.1) is 11.8 Å². The predicted molar refractivity (Wildman–Crippen MR) is 439 cm³/mol. The second kappa shape index (κ2) is 49.7. The van der Waals surface area contributed by atoms with Gasteiger partial charge in [0.05, 0.1) is 125 Å². The molecule has 4 aliphatic rings. The number of nitrogens with zero attached hydrogens (tertiary/aromatic N) is 7. The zero-order valence-electron chi connectivity index (χ0n) is 68.1. The van der Waals surface area contributed by atoms with E-state index in [1.807, 2.05) is 0 Å². The number of H-pyrrole nitrogens is 1. The first-order chi connectivity index (χ1) is 58.6. The predicted octanol–water partition coefficient (Wildman–Crippen LogP) is 3.76. The van der Waals surface area contributed by atoms with Crippen LogP contribution in [0.2, 0.25) is 0 Å². The van der Waals surface area contributed by atoms with Gasteiger partial charge in [0.15, 0.2) is 17.4 Å². The molecule has 3 aromatic heterocycles. The molecule has 12 atom stereocenters. The van der Waals surface area contributed by atoms with Crippen LogP contribution in [0.5, 0.6) is 5.88 Å². The minimum Gasteiger partial charge on any atom is -0.474 e. The molecule has 122 heavy (non-hydrogen) atoms. The second-order valence-electron chi connectivity index (χ2n) is 28.7. The maximum absolute atomic E-state index is 14.1. The number of aromatic amines is 1. The lowest BCUT2D eigenvalue weighted by Crippen LogP contribution is -2.59. The van der Waals surface area contributed by atoms with Crippen LogP contribution in [0.4, 0.5) is 16.4 Å². The number of carbonyl (C=O) groups excluding carboxylic acids is 9. The number of aliphatic hydroxyl groups excluding tert-OH is 1. The van der Waals surface area contributed by atoms with E-state index in [1.165, 1.54) is 54.2 Å². The molecule has 42 nitrogen and oxygen atoms in total. The Labute approximate surface area is 713 Å². The van der Waals surface area contributed by atoms with Gasteiger partial charge in [0.2, 0.25) is 41.4 Å². The van der Waals surface area contributed by atoms with Gasteiger partial charge in [-0.15, -0.1) is 0 Å². The Kier molecular flexibility index (Phi) is 39.5. The highest BCUT2D eigenvalue weighted by atomic mass is 32.7. The average Bonchev–Trinajstić information content (AvgIpc) is 1.61. The van der Waals surface area contributed by atoms with E-state index in [0.717, 1.165) is 11.2 Å². The van der Waals surface area contributed by atoms with E-state index in [2.05, 4.69) is 81.3 Å². The van der Waals surface area contributed by atoms with Gasteiger partial charge in [0.1, 0.15) is 55.5 Å². The fraction of sp³-hybridized carbons (Fsp3) is 0.579. The number of aromatic nitrogens is 6. The minimum absolute atomic E-state index is 0.00679. The lowest BCUT2D eigenvalue weighted by molar-refractivity contribution is -0.137. The number of hydrogen-bond donors (Lipinski definition) is 10. The Morgan fingerprint density at radius 3 is 1.96 bits per heavy atom. The number of amides is 9. The third-order valence-electron chi connectivity index (χ3n) is 19.1. The Balaban J connectivity index is 0.702. The van der Waals surface area contributed by atoms with Crippen LogP contribution < -0.4 is 42.2 Å². The van der Waals surface area contributed by atoms with Crippen molar-refractivity contribution in [3.63, 3.8) is 0 Å². The van der Waals surface area contributed by atoms with Gasteiger partial charge >= 0.3 is 19.7 Å². The molecule has 0 spiro atoms. The quantitative estimate of drug-likeness (QED) is 0.0115. The number of thiol groups is 2. The molecule has 0 radical (unpaired) electrons. The smallest absolute Gasteiger partial charge is 0.410 e. The summed E-state index contributed by atoms with van der Waals surface area (Å²) in [6.45, 7) is 0.141. The summed E-state index contributed by atoms with van der Waals surface area (Å²) in [6.07, 6.45) is -0.416. The fourth-order valence-corrected chi connectivity index (χ4v) is 15.7. The van der Waals surface area contributed by atoms with Gasteiger partial charge in [-0.1, -0.05) is 75.1 Å². The first-order valence-electron chi connectivity index (χ1n) is 39.6. The van der Waals surface area contributed by atoms with E-state index < -0.39 is 146 Å². The fourth-order valence-electron chi connectivity index (χ4n) is 12.7. The number of imidazole rings is 1. The van der Waals surface area contributed by atoms with Crippen LogP contribution in [0.15, 0.2) is 90.4 Å². The van der Waals surface area contributed by atoms with E-state index >= 15 is 0 Å².